The molecule has 2 aliphatic rings. The van der Waals surface area contributed by atoms with Gasteiger partial charge in [-0.25, -0.2) is 9.18 Å². The Morgan fingerprint density at radius 2 is 1.81 bits per heavy atom. The predicted molar refractivity (Wildman–Crippen MR) is 114 cm³/mol. The molecule has 0 spiro atoms. The third-order valence-electron chi connectivity index (χ3n) is 5.53. The van der Waals surface area contributed by atoms with Gasteiger partial charge in [0.15, 0.2) is 5.78 Å². The molecule has 31 heavy (non-hydrogen) atoms. The first-order valence-corrected chi connectivity index (χ1v) is 10.4. The second-order valence-corrected chi connectivity index (χ2v) is 7.61. The number of Topliss-reactive ketones (excluding diaryl/α,β-unsaturated/α-hetero) is 1. The van der Waals surface area contributed by atoms with Gasteiger partial charge in [-0.1, -0.05) is 30.3 Å². The normalized spacial score (nSPS) is 18.4. The second-order valence-electron chi connectivity index (χ2n) is 7.61. The Kier molecular flexibility index (Phi) is 6.16. The highest BCUT2D eigenvalue weighted by atomic mass is 19.1. The van der Waals surface area contributed by atoms with E-state index in [1.165, 1.54) is 12.1 Å². The van der Waals surface area contributed by atoms with Gasteiger partial charge in [-0.15, -0.1) is 0 Å². The first kappa shape index (κ1) is 20.8. The summed E-state index contributed by atoms with van der Waals surface area (Å²) in [5.74, 6) is -0.758. The average molecular weight is 421 g/mol. The standard InChI is InChI=1S/C25H24FNO4/c1-16-22(25(29)31-15-14-30-19-6-3-2-4-7-19)23(17-10-12-18(26)13-11-17)24-20(27-16)8-5-9-21(24)28/h2-4,6-7,10-13,23,27H,5,8-9,14-15H2,1H3/t23-/m0/s1. The fraction of sp³-hybridized carbons (Fsp3) is 0.280. The number of para-hydroxylation sites is 1. The van der Waals surface area contributed by atoms with Gasteiger partial charge < -0.3 is 14.8 Å². The summed E-state index contributed by atoms with van der Waals surface area (Å²) in [5, 5.41) is 3.24. The number of rotatable bonds is 6. The van der Waals surface area contributed by atoms with E-state index in [2.05, 4.69) is 5.32 Å². The monoisotopic (exact) mass is 421 g/mol. The Morgan fingerprint density at radius 1 is 1.06 bits per heavy atom. The number of benzene rings is 2. The summed E-state index contributed by atoms with van der Waals surface area (Å²) >= 11 is 0. The van der Waals surface area contributed by atoms with E-state index in [4.69, 9.17) is 9.47 Å². The summed E-state index contributed by atoms with van der Waals surface area (Å²) in [6.07, 6.45) is 1.94. The molecule has 0 saturated heterocycles. The first-order chi connectivity index (χ1) is 15.0. The van der Waals surface area contributed by atoms with Gasteiger partial charge in [0.2, 0.25) is 0 Å². The molecule has 0 unspecified atom stereocenters. The first-order valence-electron chi connectivity index (χ1n) is 10.4. The van der Waals surface area contributed by atoms with Crippen molar-refractivity contribution in [1.82, 2.24) is 5.32 Å². The lowest BCUT2D eigenvalue weighted by atomic mass is 9.75. The van der Waals surface area contributed by atoms with Crippen LogP contribution in [-0.4, -0.2) is 25.0 Å². The molecular weight excluding hydrogens is 397 g/mol. The number of carbonyl (C=O) groups excluding carboxylic acids is 2. The van der Waals surface area contributed by atoms with Crippen molar-refractivity contribution in [2.24, 2.45) is 0 Å². The van der Waals surface area contributed by atoms with Crippen molar-refractivity contribution in [1.29, 1.82) is 0 Å². The second kappa shape index (κ2) is 9.16. The Labute approximate surface area is 180 Å². The lowest BCUT2D eigenvalue weighted by Gasteiger charge is -2.34. The smallest absolute Gasteiger partial charge is 0.336 e. The molecule has 1 atom stereocenters. The minimum absolute atomic E-state index is 0.00767. The molecular formula is C25H24FNO4. The van der Waals surface area contributed by atoms with Crippen LogP contribution in [0.5, 0.6) is 5.75 Å². The van der Waals surface area contributed by atoms with E-state index in [-0.39, 0.29) is 24.8 Å². The van der Waals surface area contributed by atoms with Crippen LogP contribution in [0.1, 0.15) is 37.7 Å². The fourth-order valence-corrected chi connectivity index (χ4v) is 4.13. The van der Waals surface area contributed by atoms with Crippen LogP contribution in [0, 0.1) is 5.82 Å². The van der Waals surface area contributed by atoms with Gasteiger partial charge in [-0.3, -0.25) is 4.79 Å². The Bertz CT molecular complexity index is 1040. The number of hydrogen-bond acceptors (Lipinski definition) is 5. The molecule has 1 N–H and O–H groups in total. The molecule has 0 bridgehead atoms. The lowest BCUT2D eigenvalue weighted by molar-refractivity contribution is -0.140. The fourth-order valence-electron chi connectivity index (χ4n) is 4.13. The van der Waals surface area contributed by atoms with Crippen LogP contribution in [0.25, 0.3) is 0 Å². The van der Waals surface area contributed by atoms with E-state index in [0.29, 0.717) is 34.6 Å². The van der Waals surface area contributed by atoms with E-state index < -0.39 is 11.9 Å². The predicted octanol–water partition coefficient (Wildman–Crippen LogP) is 4.42. The number of dihydropyridines is 1. The van der Waals surface area contributed by atoms with Crippen molar-refractivity contribution in [2.45, 2.75) is 32.1 Å². The third kappa shape index (κ3) is 4.53. The molecule has 0 radical (unpaired) electrons. The maximum absolute atomic E-state index is 13.5. The maximum Gasteiger partial charge on any atom is 0.336 e. The molecule has 1 heterocycles. The quantitative estimate of drug-likeness (QED) is 0.553. The van der Waals surface area contributed by atoms with E-state index in [9.17, 15) is 14.0 Å². The van der Waals surface area contributed by atoms with E-state index in [1.54, 1.807) is 19.1 Å². The number of ketones is 1. The summed E-state index contributed by atoms with van der Waals surface area (Å²) in [7, 11) is 0. The Balaban J connectivity index is 1.55. The zero-order valence-corrected chi connectivity index (χ0v) is 17.3. The molecule has 2 aromatic carbocycles. The molecule has 1 aliphatic heterocycles. The van der Waals surface area contributed by atoms with Crippen LogP contribution >= 0.6 is 0 Å². The van der Waals surface area contributed by atoms with Crippen LogP contribution in [0.2, 0.25) is 0 Å². The van der Waals surface area contributed by atoms with Crippen LogP contribution < -0.4 is 10.1 Å². The zero-order valence-electron chi connectivity index (χ0n) is 17.3. The van der Waals surface area contributed by atoms with Crippen molar-refractivity contribution < 1.29 is 23.5 Å². The highest BCUT2D eigenvalue weighted by Gasteiger charge is 2.39. The Hall–Kier alpha value is -3.41. The third-order valence-corrected chi connectivity index (χ3v) is 5.53. The largest absolute Gasteiger partial charge is 0.490 e. The SMILES string of the molecule is CC1=C(C(=O)OCCOc2ccccc2)[C@H](c2ccc(F)cc2)C2=C(CCCC2=O)N1. The van der Waals surface area contributed by atoms with Gasteiger partial charge in [-0.05, 0) is 49.6 Å². The Morgan fingerprint density at radius 3 is 2.55 bits per heavy atom. The molecule has 0 saturated carbocycles. The van der Waals surface area contributed by atoms with E-state index in [0.717, 1.165) is 18.5 Å². The number of nitrogens with one attached hydrogen (secondary N) is 1. The minimum Gasteiger partial charge on any atom is -0.490 e. The summed E-state index contributed by atoms with van der Waals surface area (Å²) in [4.78, 5) is 25.9. The van der Waals surface area contributed by atoms with Crippen LogP contribution in [-0.2, 0) is 14.3 Å². The summed E-state index contributed by atoms with van der Waals surface area (Å²) in [6, 6.07) is 15.2. The number of esters is 1. The minimum atomic E-state index is -0.577. The number of allylic oxidation sites excluding steroid dienone is 3. The number of hydrogen-bond donors (Lipinski definition) is 1. The summed E-state index contributed by atoms with van der Waals surface area (Å²) in [6.45, 7) is 2.08. The van der Waals surface area contributed by atoms with Crippen LogP contribution in [0.4, 0.5) is 4.39 Å². The van der Waals surface area contributed by atoms with Crippen molar-refractivity contribution in [3.05, 3.63) is 88.5 Å². The zero-order chi connectivity index (χ0) is 21.8. The van der Waals surface area contributed by atoms with Gasteiger partial charge in [0.25, 0.3) is 0 Å². The molecule has 4 rings (SSSR count). The molecule has 2 aromatic rings. The average Bonchev–Trinajstić information content (AvgIpc) is 2.77. The molecule has 5 nitrogen and oxygen atoms in total. The van der Waals surface area contributed by atoms with Gasteiger partial charge in [0.1, 0.15) is 24.8 Å². The molecule has 0 amide bonds. The van der Waals surface area contributed by atoms with E-state index >= 15 is 0 Å². The number of carbonyl (C=O) groups is 2. The van der Waals surface area contributed by atoms with E-state index in [1.807, 2.05) is 30.3 Å². The van der Waals surface area contributed by atoms with Gasteiger partial charge in [-0.2, -0.15) is 0 Å². The van der Waals surface area contributed by atoms with Gasteiger partial charge in [0.05, 0.1) is 5.57 Å². The highest BCUT2D eigenvalue weighted by molar-refractivity contribution is 6.03. The topological polar surface area (TPSA) is 64.6 Å². The summed E-state index contributed by atoms with van der Waals surface area (Å²) < 4.78 is 24.6. The summed E-state index contributed by atoms with van der Waals surface area (Å²) in [5.41, 5.74) is 3.14. The van der Waals surface area contributed by atoms with Crippen molar-refractivity contribution >= 4 is 11.8 Å². The maximum atomic E-state index is 13.5. The molecule has 160 valence electrons. The molecule has 0 aromatic heterocycles. The molecule has 6 heteroatoms. The van der Waals surface area contributed by atoms with Crippen molar-refractivity contribution in [3.63, 3.8) is 0 Å². The molecule has 1 aliphatic carbocycles. The lowest BCUT2D eigenvalue weighted by Crippen LogP contribution is -2.34. The van der Waals surface area contributed by atoms with Crippen molar-refractivity contribution in [2.75, 3.05) is 13.2 Å². The number of halogens is 1. The molecule has 0 fully saturated rings. The van der Waals surface area contributed by atoms with Gasteiger partial charge >= 0.3 is 5.97 Å². The van der Waals surface area contributed by atoms with Crippen LogP contribution in [0.3, 0.4) is 0 Å². The van der Waals surface area contributed by atoms with Crippen molar-refractivity contribution in [3.8, 4) is 5.75 Å². The highest BCUT2D eigenvalue weighted by Crippen LogP contribution is 2.42. The van der Waals surface area contributed by atoms with Gasteiger partial charge in [0, 0.05) is 29.3 Å². The number of ether oxygens (including phenoxy) is 2. The van der Waals surface area contributed by atoms with Crippen LogP contribution in [0.15, 0.2) is 77.1 Å².